The number of carbonyl (C=O) groups is 1. The predicted octanol–water partition coefficient (Wildman–Crippen LogP) is 1.75. The highest BCUT2D eigenvalue weighted by Crippen LogP contribution is 2.39. The molecule has 2 saturated heterocycles. The number of ether oxygens (including phenoxy) is 1. The maximum Gasteiger partial charge on any atom is 0.225 e. The van der Waals surface area contributed by atoms with Crippen LogP contribution in [0.3, 0.4) is 0 Å². The van der Waals surface area contributed by atoms with Crippen molar-refractivity contribution in [2.24, 2.45) is 5.92 Å². The van der Waals surface area contributed by atoms with Gasteiger partial charge in [0.15, 0.2) is 0 Å². The average Bonchev–Trinajstić information content (AvgIpc) is 2.86. The quantitative estimate of drug-likeness (QED) is 0.736. The highest BCUT2D eigenvalue weighted by Gasteiger charge is 2.50. The van der Waals surface area contributed by atoms with Gasteiger partial charge in [0, 0.05) is 44.7 Å². The summed E-state index contributed by atoms with van der Waals surface area (Å²) in [4.78, 5) is 17.1. The summed E-state index contributed by atoms with van der Waals surface area (Å²) in [6, 6.07) is 0. The Hall–Kier alpha value is -0.610. The highest BCUT2D eigenvalue weighted by atomic mass is 16.5. The fraction of sp³-hybridized carbons (Fsp3) is 0.933. The van der Waals surface area contributed by atoms with Crippen molar-refractivity contribution in [2.75, 3.05) is 39.9 Å². The fourth-order valence-electron chi connectivity index (χ4n) is 3.54. The van der Waals surface area contributed by atoms with Crippen LogP contribution in [0.15, 0.2) is 0 Å². The molecule has 0 aromatic carbocycles. The molecule has 2 rings (SSSR count). The average molecular weight is 268 g/mol. The molecule has 4 nitrogen and oxygen atoms in total. The van der Waals surface area contributed by atoms with E-state index in [2.05, 4.69) is 23.6 Å². The lowest BCUT2D eigenvalue weighted by Crippen LogP contribution is -2.62. The van der Waals surface area contributed by atoms with Crippen LogP contribution < -0.4 is 0 Å². The Balaban J connectivity index is 1.90. The zero-order valence-corrected chi connectivity index (χ0v) is 12.7. The lowest BCUT2D eigenvalue weighted by atomic mass is 9.84. The molecular weight excluding hydrogens is 240 g/mol. The molecule has 2 aliphatic heterocycles. The maximum atomic E-state index is 12.4. The van der Waals surface area contributed by atoms with E-state index in [0.29, 0.717) is 5.91 Å². The molecule has 0 aromatic rings. The number of hydrogen-bond donors (Lipinski definition) is 0. The largest absolute Gasteiger partial charge is 0.383 e. The number of hydrogen-bond acceptors (Lipinski definition) is 3. The van der Waals surface area contributed by atoms with E-state index >= 15 is 0 Å². The molecule has 0 bridgehead atoms. The van der Waals surface area contributed by atoms with Crippen LogP contribution in [0.4, 0.5) is 0 Å². The maximum absolute atomic E-state index is 12.4. The van der Waals surface area contributed by atoms with Crippen molar-refractivity contribution in [2.45, 2.75) is 45.1 Å². The molecule has 1 spiro atoms. The Labute approximate surface area is 117 Å². The lowest BCUT2D eigenvalue weighted by molar-refractivity contribution is -0.136. The first-order chi connectivity index (χ1) is 9.16. The van der Waals surface area contributed by atoms with Crippen molar-refractivity contribution >= 4 is 5.91 Å². The second-order valence-corrected chi connectivity index (χ2v) is 5.98. The summed E-state index contributed by atoms with van der Waals surface area (Å²) in [5.41, 5.74) is 0.278. The molecule has 0 saturated carbocycles. The molecule has 0 N–H and O–H groups in total. The second kappa shape index (κ2) is 6.23. The molecule has 0 unspecified atom stereocenters. The van der Waals surface area contributed by atoms with Crippen LogP contribution in [0.5, 0.6) is 0 Å². The molecule has 2 aliphatic rings. The first-order valence-corrected chi connectivity index (χ1v) is 7.69. The van der Waals surface area contributed by atoms with E-state index < -0.39 is 0 Å². The molecule has 1 amide bonds. The monoisotopic (exact) mass is 268 g/mol. The number of nitrogens with zero attached hydrogens (tertiary/aromatic N) is 2. The number of carbonyl (C=O) groups excluding carboxylic acids is 1. The molecule has 19 heavy (non-hydrogen) atoms. The SMILES string of the molecule is CCC(CC)C(=O)N1CC[C@@]2(CCN2CCOC)C1. The van der Waals surface area contributed by atoms with Gasteiger partial charge in [-0.05, 0) is 25.7 Å². The van der Waals surface area contributed by atoms with Crippen LogP contribution in [0.25, 0.3) is 0 Å². The van der Waals surface area contributed by atoms with Crippen LogP contribution >= 0.6 is 0 Å². The molecule has 4 heteroatoms. The molecular formula is C15H28N2O2. The summed E-state index contributed by atoms with van der Waals surface area (Å²) < 4.78 is 5.18. The molecule has 0 aliphatic carbocycles. The fourth-order valence-corrected chi connectivity index (χ4v) is 3.54. The molecule has 2 fully saturated rings. The van der Waals surface area contributed by atoms with Gasteiger partial charge in [-0.3, -0.25) is 9.69 Å². The summed E-state index contributed by atoms with van der Waals surface area (Å²) >= 11 is 0. The Morgan fingerprint density at radius 1 is 1.26 bits per heavy atom. The van der Waals surface area contributed by atoms with E-state index in [0.717, 1.165) is 52.0 Å². The van der Waals surface area contributed by atoms with Gasteiger partial charge in [-0.15, -0.1) is 0 Å². The topological polar surface area (TPSA) is 32.8 Å². The molecule has 2 heterocycles. The van der Waals surface area contributed by atoms with Gasteiger partial charge in [0.05, 0.1) is 6.61 Å². The normalized spacial score (nSPS) is 27.3. The standard InChI is InChI=1S/C15H28N2O2/c1-4-13(5-2)14(18)16-8-6-15(12-16)7-9-17(15)10-11-19-3/h13H,4-12H2,1-3H3/t15-/m1/s1. The van der Waals surface area contributed by atoms with Gasteiger partial charge < -0.3 is 9.64 Å². The Morgan fingerprint density at radius 2 is 1.95 bits per heavy atom. The lowest BCUT2D eigenvalue weighted by Gasteiger charge is -2.50. The smallest absolute Gasteiger partial charge is 0.225 e. The summed E-state index contributed by atoms with van der Waals surface area (Å²) in [6.45, 7) is 9.07. The van der Waals surface area contributed by atoms with E-state index in [4.69, 9.17) is 4.74 Å². The van der Waals surface area contributed by atoms with Gasteiger partial charge in [-0.25, -0.2) is 0 Å². The van der Waals surface area contributed by atoms with E-state index in [-0.39, 0.29) is 11.5 Å². The minimum atomic E-state index is 0.225. The summed E-state index contributed by atoms with van der Waals surface area (Å²) in [5.74, 6) is 0.600. The van der Waals surface area contributed by atoms with Crippen LogP contribution in [-0.2, 0) is 9.53 Å². The third-order valence-electron chi connectivity index (χ3n) is 5.06. The Kier molecular flexibility index (Phi) is 4.85. The highest BCUT2D eigenvalue weighted by molar-refractivity contribution is 5.79. The van der Waals surface area contributed by atoms with Gasteiger partial charge >= 0.3 is 0 Å². The Morgan fingerprint density at radius 3 is 2.47 bits per heavy atom. The van der Waals surface area contributed by atoms with Gasteiger partial charge in [-0.2, -0.15) is 0 Å². The van der Waals surface area contributed by atoms with Crippen molar-refractivity contribution in [3.8, 4) is 0 Å². The Bertz CT molecular complexity index is 317. The molecule has 0 aromatic heterocycles. The summed E-state index contributed by atoms with van der Waals surface area (Å²) in [5, 5.41) is 0. The third-order valence-corrected chi connectivity index (χ3v) is 5.06. The zero-order valence-electron chi connectivity index (χ0n) is 12.7. The summed E-state index contributed by atoms with van der Waals surface area (Å²) in [7, 11) is 1.75. The van der Waals surface area contributed by atoms with Gasteiger partial charge in [-0.1, -0.05) is 13.8 Å². The van der Waals surface area contributed by atoms with Crippen LogP contribution in [0.1, 0.15) is 39.5 Å². The molecule has 0 radical (unpaired) electrons. The number of likely N-dealkylation sites (tertiary alicyclic amines) is 2. The minimum absolute atomic E-state index is 0.225. The van der Waals surface area contributed by atoms with Crippen molar-refractivity contribution in [3.63, 3.8) is 0 Å². The predicted molar refractivity (Wildman–Crippen MR) is 76.1 cm³/mol. The first-order valence-electron chi connectivity index (χ1n) is 7.69. The number of amides is 1. The van der Waals surface area contributed by atoms with E-state index in [1.54, 1.807) is 7.11 Å². The van der Waals surface area contributed by atoms with Crippen LogP contribution in [0, 0.1) is 5.92 Å². The molecule has 110 valence electrons. The van der Waals surface area contributed by atoms with Crippen LogP contribution in [0.2, 0.25) is 0 Å². The van der Waals surface area contributed by atoms with Gasteiger partial charge in [0.1, 0.15) is 0 Å². The number of methoxy groups -OCH3 is 1. The number of rotatable bonds is 6. The van der Waals surface area contributed by atoms with E-state index in [1.807, 2.05) is 0 Å². The molecule has 1 atom stereocenters. The van der Waals surface area contributed by atoms with E-state index in [9.17, 15) is 4.79 Å². The van der Waals surface area contributed by atoms with Crippen molar-refractivity contribution < 1.29 is 9.53 Å². The van der Waals surface area contributed by atoms with Crippen molar-refractivity contribution in [1.82, 2.24) is 9.80 Å². The van der Waals surface area contributed by atoms with E-state index in [1.165, 1.54) is 6.42 Å². The minimum Gasteiger partial charge on any atom is -0.383 e. The third kappa shape index (κ3) is 2.79. The van der Waals surface area contributed by atoms with Crippen molar-refractivity contribution in [3.05, 3.63) is 0 Å². The second-order valence-electron chi connectivity index (χ2n) is 5.98. The zero-order chi connectivity index (χ0) is 13.9. The first kappa shape index (κ1) is 14.8. The van der Waals surface area contributed by atoms with Crippen molar-refractivity contribution in [1.29, 1.82) is 0 Å². The van der Waals surface area contributed by atoms with Crippen LogP contribution in [-0.4, -0.2) is 61.1 Å². The van der Waals surface area contributed by atoms with Gasteiger partial charge in [0.2, 0.25) is 5.91 Å². The summed E-state index contributed by atoms with van der Waals surface area (Å²) in [6.07, 6.45) is 4.31. The van der Waals surface area contributed by atoms with Gasteiger partial charge in [0.25, 0.3) is 0 Å².